The van der Waals surface area contributed by atoms with Crippen LogP contribution in [0, 0.1) is 12.3 Å². The van der Waals surface area contributed by atoms with Crippen LogP contribution in [0.3, 0.4) is 0 Å². The second kappa shape index (κ2) is 12.6. The van der Waals surface area contributed by atoms with Crippen molar-refractivity contribution in [2.24, 2.45) is 10.1 Å². The standard InChI is InChI=1S/C27H30N4O5S/c1-4-7-24-30-31-25(28)20(26(32)29-27(31)37-24)16-19-10-11-22(23(17-19)33-3)36-15-13-34-12-14-35-21-9-6-5-8-18(21)2/h5-6,8-11,16-17,28H,4,7,12-15H2,1-3H3/b20-16-,28-25?. The molecule has 37 heavy (non-hydrogen) atoms. The molecule has 2 aliphatic heterocycles. The van der Waals surface area contributed by atoms with E-state index in [1.807, 2.05) is 31.2 Å². The molecule has 0 aliphatic carbocycles. The fourth-order valence-corrected chi connectivity index (χ4v) is 4.63. The summed E-state index contributed by atoms with van der Waals surface area (Å²) in [5.41, 5.74) is 1.94. The molecule has 0 unspecified atom stereocenters. The molecule has 9 nitrogen and oxygen atoms in total. The zero-order valence-corrected chi connectivity index (χ0v) is 22.0. The molecule has 2 aliphatic rings. The predicted octanol–water partition coefficient (Wildman–Crippen LogP) is 4.90. The molecular formula is C27H30N4O5S. The Labute approximate surface area is 220 Å². The van der Waals surface area contributed by atoms with E-state index in [9.17, 15) is 4.79 Å². The Morgan fingerprint density at radius 1 is 1.03 bits per heavy atom. The summed E-state index contributed by atoms with van der Waals surface area (Å²) in [7, 11) is 1.55. The lowest BCUT2D eigenvalue weighted by Crippen LogP contribution is -2.35. The van der Waals surface area contributed by atoms with Gasteiger partial charge in [0.1, 0.15) is 24.0 Å². The Balaban J connectivity index is 1.30. The van der Waals surface area contributed by atoms with Crippen molar-refractivity contribution >= 4 is 39.8 Å². The molecule has 2 aromatic rings. The van der Waals surface area contributed by atoms with Gasteiger partial charge >= 0.3 is 0 Å². The van der Waals surface area contributed by atoms with Crippen LogP contribution in [0.25, 0.3) is 6.08 Å². The van der Waals surface area contributed by atoms with Gasteiger partial charge in [-0.15, -0.1) is 0 Å². The molecular weight excluding hydrogens is 492 g/mol. The van der Waals surface area contributed by atoms with Gasteiger partial charge in [0.05, 0.1) is 25.9 Å². The number of ether oxygens (including phenoxy) is 4. The Kier molecular flexibility index (Phi) is 8.97. The van der Waals surface area contributed by atoms with E-state index in [0.717, 1.165) is 29.2 Å². The first kappa shape index (κ1) is 26.4. The van der Waals surface area contributed by atoms with Crippen molar-refractivity contribution in [1.82, 2.24) is 5.01 Å². The monoisotopic (exact) mass is 522 g/mol. The summed E-state index contributed by atoms with van der Waals surface area (Å²) in [6.45, 7) is 5.70. The Bertz CT molecular complexity index is 1260. The largest absolute Gasteiger partial charge is 0.493 e. The fraction of sp³-hybridized carbons (Fsp3) is 0.333. The number of hydrazone groups is 1. The number of carbonyl (C=O) groups excluding carboxylic acids is 1. The first-order valence-corrected chi connectivity index (χ1v) is 12.9. The SMILES string of the molecule is CCCC1=NN2C(=N)/C(=C/c3ccc(OCCOCCOc4ccccc4C)c(OC)c3)C(=O)N=C2S1. The number of carbonyl (C=O) groups is 1. The summed E-state index contributed by atoms with van der Waals surface area (Å²) in [6.07, 6.45) is 3.33. The van der Waals surface area contributed by atoms with Crippen LogP contribution in [-0.2, 0) is 9.53 Å². The normalized spacial score (nSPS) is 16.0. The van der Waals surface area contributed by atoms with Gasteiger partial charge in [0.2, 0.25) is 5.17 Å². The molecule has 0 spiro atoms. The first-order valence-electron chi connectivity index (χ1n) is 12.1. The minimum absolute atomic E-state index is 0.0106. The molecule has 0 atom stereocenters. The van der Waals surface area contributed by atoms with Gasteiger partial charge in [0.15, 0.2) is 17.3 Å². The van der Waals surface area contributed by atoms with E-state index in [1.165, 1.54) is 16.8 Å². The van der Waals surface area contributed by atoms with Crippen LogP contribution in [0.15, 0.2) is 58.1 Å². The highest BCUT2D eigenvalue weighted by Gasteiger charge is 2.35. The highest BCUT2D eigenvalue weighted by molar-refractivity contribution is 8.26. The maximum atomic E-state index is 12.6. The van der Waals surface area contributed by atoms with Gasteiger partial charge in [0, 0.05) is 0 Å². The fourth-order valence-electron chi connectivity index (χ4n) is 3.65. The lowest BCUT2D eigenvalue weighted by Gasteiger charge is -2.20. The van der Waals surface area contributed by atoms with E-state index in [0.29, 0.717) is 48.7 Å². The maximum absolute atomic E-state index is 12.6. The van der Waals surface area contributed by atoms with Crippen LogP contribution in [0.2, 0.25) is 0 Å². The van der Waals surface area contributed by atoms with E-state index in [-0.39, 0.29) is 11.4 Å². The number of methoxy groups -OCH3 is 1. The van der Waals surface area contributed by atoms with E-state index >= 15 is 0 Å². The second-order valence-electron chi connectivity index (χ2n) is 8.25. The number of fused-ring (bicyclic) bond motifs is 1. The number of para-hydroxylation sites is 1. The number of rotatable bonds is 12. The van der Waals surface area contributed by atoms with E-state index in [1.54, 1.807) is 31.4 Å². The van der Waals surface area contributed by atoms with Crippen molar-refractivity contribution in [2.75, 3.05) is 33.5 Å². The summed E-state index contributed by atoms with van der Waals surface area (Å²) in [5, 5.41) is 15.6. The number of amidine groups is 2. The molecule has 2 heterocycles. The van der Waals surface area contributed by atoms with Crippen LogP contribution in [0.5, 0.6) is 17.2 Å². The number of amides is 1. The molecule has 0 radical (unpaired) electrons. The summed E-state index contributed by atoms with van der Waals surface area (Å²) in [5.74, 6) is 1.47. The summed E-state index contributed by atoms with van der Waals surface area (Å²) in [6, 6.07) is 13.2. The van der Waals surface area contributed by atoms with Crippen LogP contribution >= 0.6 is 11.8 Å². The number of aliphatic imine (C=N–C) groups is 1. The third kappa shape index (κ3) is 6.58. The second-order valence-corrected chi connectivity index (χ2v) is 9.29. The number of aryl methyl sites for hydroxylation is 1. The van der Waals surface area contributed by atoms with Gasteiger partial charge in [-0.1, -0.05) is 31.2 Å². The van der Waals surface area contributed by atoms with Crippen molar-refractivity contribution in [2.45, 2.75) is 26.7 Å². The lowest BCUT2D eigenvalue weighted by atomic mass is 10.1. The predicted molar refractivity (Wildman–Crippen MR) is 146 cm³/mol. The molecule has 0 saturated carbocycles. The summed E-state index contributed by atoms with van der Waals surface area (Å²) < 4.78 is 22.6. The topological polar surface area (TPSA) is 106 Å². The van der Waals surface area contributed by atoms with Gasteiger partial charge in [-0.05, 0) is 66.9 Å². The zero-order valence-electron chi connectivity index (χ0n) is 21.2. The summed E-state index contributed by atoms with van der Waals surface area (Å²) in [4.78, 5) is 16.7. The van der Waals surface area contributed by atoms with Gasteiger partial charge in [-0.25, -0.2) is 0 Å². The van der Waals surface area contributed by atoms with E-state index in [2.05, 4.69) is 17.0 Å². The molecule has 0 aromatic heterocycles. The highest BCUT2D eigenvalue weighted by atomic mass is 32.2. The maximum Gasteiger partial charge on any atom is 0.283 e. The third-order valence-corrected chi connectivity index (χ3v) is 6.49. The van der Waals surface area contributed by atoms with Gasteiger partial charge < -0.3 is 18.9 Å². The first-order chi connectivity index (χ1) is 18.0. The quantitative estimate of drug-likeness (QED) is 0.312. The number of nitrogens with one attached hydrogen (secondary N) is 1. The minimum atomic E-state index is -0.459. The van der Waals surface area contributed by atoms with E-state index < -0.39 is 5.91 Å². The lowest BCUT2D eigenvalue weighted by molar-refractivity contribution is -0.114. The average molecular weight is 523 g/mol. The number of thioether (sulfide) groups is 1. The van der Waals surface area contributed by atoms with Crippen molar-refractivity contribution in [3.63, 3.8) is 0 Å². The van der Waals surface area contributed by atoms with E-state index in [4.69, 9.17) is 24.4 Å². The Morgan fingerprint density at radius 3 is 2.51 bits per heavy atom. The average Bonchev–Trinajstić information content (AvgIpc) is 3.30. The molecule has 0 fully saturated rings. The smallest absolute Gasteiger partial charge is 0.283 e. The van der Waals surface area contributed by atoms with Crippen molar-refractivity contribution in [3.05, 3.63) is 59.2 Å². The van der Waals surface area contributed by atoms with Gasteiger partial charge in [0.25, 0.3) is 5.91 Å². The minimum Gasteiger partial charge on any atom is -0.493 e. The molecule has 1 amide bonds. The van der Waals surface area contributed by atoms with Crippen LogP contribution in [-0.4, -0.2) is 60.5 Å². The van der Waals surface area contributed by atoms with Crippen LogP contribution < -0.4 is 14.2 Å². The number of hydrogen-bond acceptors (Lipinski definition) is 8. The van der Waals surface area contributed by atoms with Crippen LogP contribution in [0.4, 0.5) is 0 Å². The number of nitrogens with zero attached hydrogens (tertiary/aromatic N) is 3. The molecule has 2 aromatic carbocycles. The Morgan fingerprint density at radius 2 is 1.78 bits per heavy atom. The Hall–Kier alpha value is -3.63. The molecule has 1 N–H and O–H groups in total. The number of benzene rings is 2. The molecule has 0 bridgehead atoms. The zero-order chi connectivity index (χ0) is 26.2. The van der Waals surface area contributed by atoms with Crippen molar-refractivity contribution in [3.8, 4) is 17.2 Å². The third-order valence-electron chi connectivity index (χ3n) is 5.52. The van der Waals surface area contributed by atoms with Crippen molar-refractivity contribution < 1.29 is 23.7 Å². The molecule has 0 saturated heterocycles. The van der Waals surface area contributed by atoms with Gasteiger partial charge in [-0.3, -0.25) is 10.2 Å². The van der Waals surface area contributed by atoms with Crippen LogP contribution in [0.1, 0.15) is 30.9 Å². The molecule has 10 heteroatoms. The summed E-state index contributed by atoms with van der Waals surface area (Å²) >= 11 is 1.34. The van der Waals surface area contributed by atoms with Gasteiger partial charge in [-0.2, -0.15) is 15.1 Å². The van der Waals surface area contributed by atoms with Crippen molar-refractivity contribution in [1.29, 1.82) is 5.41 Å². The highest BCUT2D eigenvalue weighted by Crippen LogP contribution is 2.32. The molecule has 194 valence electrons. The number of hydrogen-bond donors (Lipinski definition) is 1. The molecule has 4 rings (SSSR count).